The van der Waals surface area contributed by atoms with Gasteiger partial charge >= 0.3 is 0 Å². The molecule has 2 aromatic carbocycles. The van der Waals surface area contributed by atoms with Gasteiger partial charge in [-0.25, -0.2) is 8.78 Å². The summed E-state index contributed by atoms with van der Waals surface area (Å²) in [5.41, 5.74) is 1.05. The van der Waals surface area contributed by atoms with E-state index in [4.69, 9.17) is 9.47 Å². The Kier molecular flexibility index (Phi) is 4.62. The minimum Gasteiger partial charge on any atom is -0.497 e. The summed E-state index contributed by atoms with van der Waals surface area (Å²) in [5.74, 6) is 0.103. The zero-order chi connectivity index (χ0) is 15.4. The third kappa shape index (κ3) is 3.42. The number of ether oxygens (including phenoxy) is 2. The van der Waals surface area contributed by atoms with Crippen LogP contribution in [0.4, 0.5) is 14.5 Å². The fraction of sp³-hybridized carbons (Fsp3) is 0.250. The van der Waals surface area contributed by atoms with Gasteiger partial charge in [-0.05, 0) is 37.3 Å². The molecule has 0 spiro atoms. The summed E-state index contributed by atoms with van der Waals surface area (Å²) in [6.07, 6.45) is 0. The van der Waals surface area contributed by atoms with E-state index in [9.17, 15) is 8.78 Å². The summed E-state index contributed by atoms with van der Waals surface area (Å²) in [6, 6.07) is 8.57. The molecule has 0 aromatic heterocycles. The zero-order valence-corrected chi connectivity index (χ0v) is 12.1. The van der Waals surface area contributed by atoms with Crippen molar-refractivity contribution >= 4 is 5.69 Å². The SMILES string of the molecule is COc1ccc(OC)c(C(C)Nc2ccc(F)cc2F)c1. The Morgan fingerprint density at radius 1 is 1.00 bits per heavy atom. The van der Waals surface area contributed by atoms with E-state index in [0.29, 0.717) is 11.5 Å². The molecule has 0 heterocycles. The van der Waals surface area contributed by atoms with Crippen molar-refractivity contribution in [1.29, 1.82) is 0 Å². The highest BCUT2D eigenvalue weighted by Crippen LogP contribution is 2.31. The van der Waals surface area contributed by atoms with Crippen molar-refractivity contribution in [3.63, 3.8) is 0 Å². The lowest BCUT2D eigenvalue weighted by atomic mass is 10.1. The van der Waals surface area contributed by atoms with Gasteiger partial charge in [0.05, 0.1) is 25.9 Å². The lowest BCUT2D eigenvalue weighted by Gasteiger charge is -2.19. The predicted octanol–water partition coefficient (Wildman–Crippen LogP) is 4.16. The molecule has 2 rings (SSSR count). The lowest BCUT2D eigenvalue weighted by molar-refractivity contribution is 0.397. The van der Waals surface area contributed by atoms with Crippen LogP contribution in [-0.2, 0) is 0 Å². The Labute approximate surface area is 122 Å². The number of methoxy groups -OCH3 is 2. The summed E-state index contributed by atoms with van der Waals surface area (Å²) in [7, 11) is 3.14. The normalized spacial score (nSPS) is 11.9. The van der Waals surface area contributed by atoms with Gasteiger partial charge in [0, 0.05) is 11.6 Å². The van der Waals surface area contributed by atoms with Crippen molar-refractivity contribution in [1.82, 2.24) is 0 Å². The molecule has 0 saturated carbocycles. The molecule has 1 unspecified atom stereocenters. The fourth-order valence-corrected chi connectivity index (χ4v) is 2.10. The van der Waals surface area contributed by atoms with E-state index in [0.717, 1.165) is 11.6 Å². The van der Waals surface area contributed by atoms with Crippen LogP contribution in [-0.4, -0.2) is 14.2 Å². The Bertz CT molecular complexity index is 632. The molecule has 0 saturated heterocycles. The number of nitrogens with one attached hydrogen (secondary N) is 1. The summed E-state index contributed by atoms with van der Waals surface area (Å²) < 4.78 is 37.1. The number of hydrogen-bond donors (Lipinski definition) is 1. The topological polar surface area (TPSA) is 30.5 Å². The second kappa shape index (κ2) is 6.43. The molecule has 0 aliphatic heterocycles. The molecule has 0 fully saturated rings. The molecule has 0 aliphatic rings. The largest absolute Gasteiger partial charge is 0.497 e. The van der Waals surface area contributed by atoms with E-state index in [1.165, 1.54) is 12.1 Å². The van der Waals surface area contributed by atoms with Gasteiger partial charge < -0.3 is 14.8 Å². The van der Waals surface area contributed by atoms with Crippen molar-refractivity contribution < 1.29 is 18.3 Å². The maximum atomic E-state index is 13.7. The smallest absolute Gasteiger partial charge is 0.149 e. The Balaban J connectivity index is 2.28. The number of anilines is 1. The standard InChI is InChI=1S/C16H17F2NO2/c1-10(19-15-6-4-11(17)8-14(15)18)13-9-12(20-2)5-7-16(13)21-3/h4-10,19H,1-3H3. The van der Waals surface area contributed by atoms with Crippen LogP contribution in [0.2, 0.25) is 0 Å². The van der Waals surface area contributed by atoms with Crippen molar-refractivity contribution in [2.24, 2.45) is 0 Å². The molecule has 21 heavy (non-hydrogen) atoms. The van der Waals surface area contributed by atoms with Crippen molar-refractivity contribution in [3.05, 3.63) is 53.6 Å². The number of hydrogen-bond acceptors (Lipinski definition) is 3. The van der Waals surface area contributed by atoms with Crippen LogP contribution < -0.4 is 14.8 Å². The van der Waals surface area contributed by atoms with Crippen LogP contribution in [0.1, 0.15) is 18.5 Å². The minimum atomic E-state index is -0.635. The monoisotopic (exact) mass is 293 g/mol. The highest BCUT2D eigenvalue weighted by atomic mass is 19.1. The summed E-state index contributed by atoms with van der Waals surface area (Å²) in [4.78, 5) is 0. The fourth-order valence-electron chi connectivity index (χ4n) is 2.10. The Morgan fingerprint density at radius 3 is 2.38 bits per heavy atom. The Morgan fingerprint density at radius 2 is 1.76 bits per heavy atom. The van der Waals surface area contributed by atoms with Crippen LogP contribution in [0.5, 0.6) is 11.5 Å². The number of benzene rings is 2. The van der Waals surface area contributed by atoms with Gasteiger partial charge in [-0.1, -0.05) is 0 Å². The average molecular weight is 293 g/mol. The molecule has 0 aliphatic carbocycles. The molecule has 112 valence electrons. The quantitative estimate of drug-likeness (QED) is 0.898. The molecule has 2 aromatic rings. The number of halogens is 2. The number of rotatable bonds is 5. The minimum absolute atomic E-state index is 0.230. The molecular formula is C16H17F2NO2. The summed E-state index contributed by atoms with van der Waals surface area (Å²) in [6.45, 7) is 1.86. The van der Waals surface area contributed by atoms with Gasteiger partial charge in [0.25, 0.3) is 0 Å². The van der Waals surface area contributed by atoms with Gasteiger partial charge in [0.1, 0.15) is 23.1 Å². The molecule has 0 amide bonds. The van der Waals surface area contributed by atoms with E-state index in [2.05, 4.69) is 5.32 Å². The maximum absolute atomic E-state index is 13.7. The second-order valence-electron chi connectivity index (χ2n) is 4.60. The highest BCUT2D eigenvalue weighted by molar-refractivity contribution is 5.50. The molecule has 3 nitrogen and oxygen atoms in total. The first-order chi connectivity index (χ1) is 10.0. The van der Waals surface area contributed by atoms with Gasteiger partial charge in [-0.3, -0.25) is 0 Å². The Hall–Kier alpha value is -2.30. The van der Waals surface area contributed by atoms with Gasteiger partial charge in [-0.2, -0.15) is 0 Å². The average Bonchev–Trinajstić information content (AvgIpc) is 2.49. The van der Waals surface area contributed by atoms with Gasteiger partial charge in [0.2, 0.25) is 0 Å². The zero-order valence-electron chi connectivity index (χ0n) is 12.1. The van der Waals surface area contributed by atoms with E-state index < -0.39 is 11.6 Å². The second-order valence-corrected chi connectivity index (χ2v) is 4.60. The first kappa shape index (κ1) is 15.1. The van der Waals surface area contributed by atoms with Crippen LogP contribution in [0, 0.1) is 11.6 Å². The van der Waals surface area contributed by atoms with E-state index in [-0.39, 0.29) is 11.7 Å². The predicted molar refractivity (Wildman–Crippen MR) is 77.9 cm³/mol. The van der Waals surface area contributed by atoms with Crippen molar-refractivity contribution in [2.75, 3.05) is 19.5 Å². The van der Waals surface area contributed by atoms with E-state index >= 15 is 0 Å². The summed E-state index contributed by atoms with van der Waals surface area (Å²) in [5, 5.41) is 3.00. The van der Waals surface area contributed by atoms with Crippen molar-refractivity contribution in [3.8, 4) is 11.5 Å². The van der Waals surface area contributed by atoms with Gasteiger partial charge in [0.15, 0.2) is 0 Å². The molecular weight excluding hydrogens is 276 g/mol. The van der Waals surface area contributed by atoms with E-state index in [1.54, 1.807) is 26.4 Å². The third-order valence-corrected chi connectivity index (χ3v) is 3.21. The molecule has 1 N–H and O–H groups in total. The summed E-state index contributed by atoms with van der Waals surface area (Å²) >= 11 is 0. The third-order valence-electron chi connectivity index (χ3n) is 3.21. The molecule has 0 radical (unpaired) electrons. The lowest BCUT2D eigenvalue weighted by Crippen LogP contribution is -2.09. The first-order valence-corrected chi connectivity index (χ1v) is 6.48. The van der Waals surface area contributed by atoms with Crippen LogP contribution >= 0.6 is 0 Å². The van der Waals surface area contributed by atoms with E-state index in [1.807, 2.05) is 13.0 Å². The molecule has 1 atom stereocenters. The maximum Gasteiger partial charge on any atom is 0.149 e. The van der Waals surface area contributed by atoms with Crippen LogP contribution in [0.25, 0.3) is 0 Å². The van der Waals surface area contributed by atoms with Crippen LogP contribution in [0.3, 0.4) is 0 Å². The van der Waals surface area contributed by atoms with Gasteiger partial charge in [-0.15, -0.1) is 0 Å². The van der Waals surface area contributed by atoms with Crippen molar-refractivity contribution in [2.45, 2.75) is 13.0 Å². The highest BCUT2D eigenvalue weighted by Gasteiger charge is 2.14. The van der Waals surface area contributed by atoms with Crippen LogP contribution in [0.15, 0.2) is 36.4 Å². The molecule has 0 bridgehead atoms. The molecule has 5 heteroatoms. The first-order valence-electron chi connectivity index (χ1n) is 6.48.